The molecule has 0 aromatic rings. The monoisotopic (exact) mass is 466 g/mol. The molecule has 0 aliphatic heterocycles. The summed E-state index contributed by atoms with van der Waals surface area (Å²) in [6.45, 7) is 4.58. The average Bonchev–Trinajstić information content (AvgIpc) is 2.52. The first-order chi connectivity index (χ1) is 11.7. The normalized spacial score (nSPS) is 9.68. The molecule has 0 spiro atoms. The van der Waals surface area contributed by atoms with Gasteiger partial charge in [-0.1, -0.05) is 0 Å². The number of aliphatic carboxylic acids is 4. The van der Waals surface area contributed by atoms with Gasteiger partial charge in [0.05, 0.1) is 0 Å². The molecule has 0 saturated heterocycles. The van der Waals surface area contributed by atoms with Crippen molar-refractivity contribution in [2.45, 2.75) is 48.4 Å². The molecule has 142 valence electrons. The van der Waals surface area contributed by atoms with Crippen LogP contribution in [0.1, 0.15) is 39.5 Å². The zero-order valence-electron chi connectivity index (χ0n) is 14.5. The van der Waals surface area contributed by atoms with Crippen molar-refractivity contribution >= 4 is 45.0 Å². The van der Waals surface area contributed by atoms with Crippen LogP contribution in [-0.4, -0.2) is 65.4 Å². The van der Waals surface area contributed by atoms with Crippen molar-refractivity contribution < 1.29 is 39.6 Å². The molecule has 2 radical (unpaired) electrons. The van der Waals surface area contributed by atoms with Crippen LogP contribution in [0.2, 0.25) is 8.87 Å². The number of unbranched alkanes of at least 4 members (excludes halogenated alkanes) is 2. The Morgan fingerprint density at radius 2 is 0.880 bits per heavy atom. The van der Waals surface area contributed by atoms with Gasteiger partial charge in [0.25, 0.3) is 0 Å². The molecule has 0 rings (SSSR count). The topological polar surface area (TPSA) is 149 Å². The van der Waals surface area contributed by atoms with Crippen molar-refractivity contribution in [1.82, 2.24) is 0 Å². The van der Waals surface area contributed by atoms with E-state index >= 15 is 0 Å². The third-order valence-corrected chi connectivity index (χ3v) is 6.19. The maximum atomic E-state index is 9.55. The number of carboxylic acids is 4. The molecule has 4 N–H and O–H groups in total. The molecular formula is C16H26O8Sn. The predicted molar refractivity (Wildman–Crippen MR) is 94.0 cm³/mol. The van der Waals surface area contributed by atoms with Gasteiger partial charge in [-0.25, -0.2) is 19.2 Å². The molecule has 0 aromatic heterocycles. The van der Waals surface area contributed by atoms with Crippen LogP contribution in [-0.2, 0) is 19.2 Å². The first-order valence-corrected chi connectivity index (χ1v) is 11.7. The van der Waals surface area contributed by atoms with E-state index in [-0.39, 0.29) is 21.1 Å². The third-order valence-electron chi connectivity index (χ3n) is 2.15. The second kappa shape index (κ2) is 22.2. The van der Waals surface area contributed by atoms with Crippen molar-refractivity contribution in [3.05, 3.63) is 24.3 Å². The van der Waals surface area contributed by atoms with Gasteiger partial charge in [0.15, 0.2) is 0 Å². The van der Waals surface area contributed by atoms with Gasteiger partial charge in [-0.05, 0) is 0 Å². The van der Waals surface area contributed by atoms with E-state index in [0.29, 0.717) is 24.3 Å². The molecule has 0 atom stereocenters. The molecule has 8 nitrogen and oxygen atoms in total. The van der Waals surface area contributed by atoms with Crippen LogP contribution in [0.4, 0.5) is 0 Å². The predicted octanol–water partition coefficient (Wildman–Crippen LogP) is 2.55. The van der Waals surface area contributed by atoms with Crippen LogP contribution in [0.3, 0.4) is 0 Å². The van der Waals surface area contributed by atoms with Crippen molar-refractivity contribution in [1.29, 1.82) is 0 Å². The Bertz CT molecular complexity index is 371. The first-order valence-electron chi connectivity index (χ1n) is 7.65. The average molecular weight is 465 g/mol. The summed E-state index contributed by atoms with van der Waals surface area (Å²) in [6.07, 6.45) is 8.07. The second-order valence-electron chi connectivity index (χ2n) is 4.48. The molecule has 0 bridgehead atoms. The molecule has 0 aromatic carbocycles. The maximum Gasteiger partial charge on any atom is 0.328 e. The van der Waals surface area contributed by atoms with Gasteiger partial charge in [0, 0.05) is 24.3 Å². The molecule has 0 heterocycles. The fourth-order valence-electron chi connectivity index (χ4n) is 1.01. The van der Waals surface area contributed by atoms with Crippen molar-refractivity contribution in [2.24, 2.45) is 0 Å². The summed E-state index contributed by atoms with van der Waals surface area (Å²) in [5.74, 6) is -5.03. The number of hydrogen-bond donors (Lipinski definition) is 4. The molecule has 0 saturated carbocycles. The van der Waals surface area contributed by atoms with Crippen LogP contribution in [0.15, 0.2) is 24.3 Å². The van der Waals surface area contributed by atoms with Crippen LogP contribution >= 0.6 is 0 Å². The SMILES string of the molecule is CCC[CH2][Sn][CH2]CCC.O=C(O)/C=C\C(=O)O.O=C(O)/C=C\C(=O)O. The van der Waals surface area contributed by atoms with E-state index in [2.05, 4.69) is 13.8 Å². The molecule has 0 aliphatic rings. The largest absolute Gasteiger partial charge is 0.478 e. The summed E-state index contributed by atoms with van der Waals surface area (Å²) in [6, 6.07) is 0. The molecule has 25 heavy (non-hydrogen) atoms. The smallest absolute Gasteiger partial charge is 0.328 e. The van der Waals surface area contributed by atoms with E-state index in [4.69, 9.17) is 20.4 Å². The summed E-state index contributed by atoms with van der Waals surface area (Å²) >= 11 is 0.149. The van der Waals surface area contributed by atoms with Gasteiger partial charge in [0.1, 0.15) is 0 Å². The summed E-state index contributed by atoms with van der Waals surface area (Å²) in [7, 11) is 0. The second-order valence-corrected chi connectivity index (χ2v) is 8.76. The molecule has 9 heteroatoms. The van der Waals surface area contributed by atoms with Crippen LogP contribution < -0.4 is 0 Å². The minimum absolute atomic E-state index is 0.149. The molecule has 0 amide bonds. The fraction of sp³-hybridized carbons (Fsp3) is 0.500. The molecule has 0 unspecified atom stereocenters. The Kier molecular flexibility index (Phi) is 24.8. The summed E-state index contributed by atoms with van der Waals surface area (Å²) in [5, 5.41) is 31.2. The van der Waals surface area contributed by atoms with Gasteiger partial charge in [-0.15, -0.1) is 0 Å². The standard InChI is InChI=1S/2C4H4O4.2C4H9.Sn/c2*5-3(6)1-2-4(7)8;2*1-3-4-2;/h2*1-2H,(H,5,6)(H,7,8);2*1,3-4H2,2H3;/b2*2-1-;;;. The number of carboxylic acid groups (broad SMARTS) is 4. The summed E-state index contributed by atoms with van der Waals surface area (Å²) in [4.78, 5) is 38.2. The van der Waals surface area contributed by atoms with E-state index < -0.39 is 23.9 Å². The zero-order chi connectivity index (χ0) is 20.1. The number of rotatable bonds is 10. The quantitative estimate of drug-likeness (QED) is 0.219. The van der Waals surface area contributed by atoms with Gasteiger partial charge < -0.3 is 20.4 Å². The van der Waals surface area contributed by atoms with Gasteiger partial charge in [-0.3, -0.25) is 0 Å². The summed E-state index contributed by atoms with van der Waals surface area (Å²) in [5.41, 5.74) is 0. The van der Waals surface area contributed by atoms with Gasteiger partial charge in [-0.2, -0.15) is 0 Å². The Hall–Kier alpha value is -1.84. The fourth-order valence-corrected chi connectivity index (χ4v) is 5.17. The van der Waals surface area contributed by atoms with Gasteiger partial charge in [0.2, 0.25) is 0 Å². The molecular weight excluding hydrogens is 439 g/mol. The van der Waals surface area contributed by atoms with E-state index in [0.717, 1.165) is 0 Å². The Balaban J connectivity index is -0.000000291. The maximum absolute atomic E-state index is 9.55. The van der Waals surface area contributed by atoms with E-state index in [1.807, 2.05) is 0 Å². The minimum Gasteiger partial charge on any atom is -0.478 e. The van der Waals surface area contributed by atoms with Crippen molar-refractivity contribution in [3.8, 4) is 0 Å². The first kappa shape index (κ1) is 28.0. The van der Waals surface area contributed by atoms with Crippen LogP contribution in [0.5, 0.6) is 0 Å². The summed E-state index contributed by atoms with van der Waals surface area (Å²) < 4.78 is 3.25. The van der Waals surface area contributed by atoms with Crippen LogP contribution in [0, 0.1) is 0 Å². The van der Waals surface area contributed by atoms with Crippen LogP contribution in [0.25, 0.3) is 0 Å². The Morgan fingerprint density at radius 1 is 0.640 bits per heavy atom. The Labute approximate surface area is 157 Å². The number of carbonyl (C=O) groups is 4. The Morgan fingerprint density at radius 3 is 1.04 bits per heavy atom. The van der Waals surface area contributed by atoms with E-state index in [1.165, 1.54) is 25.7 Å². The number of hydrogen-bond acceptors (Lipinski definition) is 4. The molecule has 0 fully saturated rings. The van der Waals surface area contributed by atoms with Crippen molar-refractivity contribution in [2.75, 3.05) is 0 Å². The van der Waals surface area contributed by atoms with Gasteiger partial charge >= 0.3 is 93.4 Å². The van der Waals surface area contributed by atoms with E-state index in [1.54, 1.807) is 8.87 Å². The van der Waals surface area contributed by atoms with E-state index in [9.17, 15) is 19.2 Å². The van der Waals surface area contributed by atoms with Crippen molar-refractivity contribution in [3.63, 3.8) is 0 Å². The minimum atomic E-state index is -1.26. The zero-order valence-corrected chi connectivity index (χ0v) is 17.3. The third kappa shape index (κ3) is 44.9. The molecule has 0 aliphatic carbocycles.